The molecule has 0 aliphatic heterocycles. The molecule has 31 heavy (non-hydrogen) atoms. The highest BCUT2D eigenvalue weighted by Crippen LogP contribution is 2.12. The maximum absolute atomic E-state index is 12.3. The first-order valence-electron chi connectivity index (χ1n) is 12.5. The number of esters is 2. The molecule has 0 bridgehead atoms. The van der Waals surface area contributed by atoms with Crippen molar-refractivity contribution >= 4 is 17.8 Å². The van der Waals surface area contributed by atoms with Crippen LogP contribution < -0.4 is 5.32 Å². The molecule has 0 aliphatic rings. The number of rotatable bonds is 19. The van der Waals surface area contributed by atoms with Gasteiger partial charge in [-0.3, -0.25) is 9.59 Å². The van der Waals surface area contributed by atoms with E-state index in [1.165, 1.54) is 51.4 Å². The highest BCUT2D eigenvalue weighted by Gasteiger charge is 2.24. The minimum Gasteiger partial charge on any atom is -0.463 e. The minimum absolute atomic E-state index is 0.0643. The monoisotopic (exact) mass is 441 g/mol. The summed E-state index contributed by atoms with van der Waals surface area (Å²) in [6.07, 6.45) is 13.6. The average Bonchev–Trinajstić information content (AvgIpc) is 2.68. The second-order valence-electron chi connectivity index (χ2n) is 8.97. The Bertz CT molecular complexity index is 490. The van der Waals surface area contributed by atoms with E-state index in [2.05, 4.69) is 12.2 Å². The van der Waals surface area contributed by atoms with Gasteiger partial charge in [0.05, 0.1) is 12.2 Å². The fourth-order valence-corrected chi connectivity index (χ4v) is 3.36. The Balaban J connectivity index is 4.10. The Morgan fingerprint density at radius 2 is 1.16 bits per heavy atom. The third-order valence-electron chi connectivity index (χ3n) is 4.98. The van der Waals surface area contributed by atoms with Gasteiger partial charge in [-0.2, -0.15) is 0 Å². The van der Waals surface area contributed by atoms with Crippen LogP contribution in [-0.4, -0.2) is 36.1 Å². The van der Waals surface area contributed by atoms with Gasteiger partial charge in [-0.25, -0.2) is 4.79 Å². The maximum atomic E-state index is 12.3. The molecule has 0 aromatic heterocycles. The lowest BCUT2D eigenvalue weighted by atomic mass is 10.0. The SMILES string of the molecule is CCCCCCCCCCCCCC(=O)NC(CCC(=O)OC(C)C)C(=O)OC(C)C. The van der Waals surface area contributed by atoms with Crippen LogP contribution in [0.4, 0.5) is 0 Å². The predicted molar refractivity (Wildman–Crippen MR) is 125 cm³/mol. The van der Waals surface area contributed by atoms with Crippen LogP contribution in [-0.2, 0) is 23.9 Å². The smallest absolute Gasteiger partial charge is 0.328 e. The van der Waals surface area contributed by atoms with E-state index < -0.39 is 12.0 Å². The van der Waals surface area contributed by atoms with Gasteiger partial charge in [0, 0.05) is 12.8 Å². The summed E-state index contributed by atoms with van der Waals surface area (Å²) in [4.78, 5) is 36.4. The van der Waals surface area contributed by atoms with Crippen LogP contribution in [0.1, 0.15) is 125 Å². The highest BCUT2D eigenvalue weighted by molar-refractivity contribution is 5.85. The standard InChI is InChI=1S/C25H47NO5/c1-6-7-8-9-10-11-12-13-14-15-16-17-23(27)26-22(25(29)31-21(4)5)18-19-24(28)30-20(2)3/h20-22H,6-19H2,1-5H3,(H,26,27). The van der Waals surface area contributed by atoms with Crippen LogP contribution in [0.2, 0.25) is 0 Å². The maximum Gasteiger partial charge on any atom is 0.328 e. The highest BCUT2D eigenvalue weighted by atomic mass is 16.5. The summed E-state index contributed by atoms with van der Waals surface area (Å²) in [6, 6.07) is -0.817. The lowest BCUT2D eigenvalue weighted by Crippen LogP contribution is -2.43. The van der Waals surface area contributed by atoms with E-state index in [1.54, 1.807) is 27.7 Å². The van der Waals surface area contributed by atoms with Gasteiger partial charge < -0.3 is 14.8 Å². The zero-order valence-corrected chi connectivity index (χ0v) is 20.7. The molecule has 0 saturated carbocycles. The molecule has 0 rings (SSSR count). The number of nitrogens with one attached hydrogen (secondary N) is 1. The third kappa shape index (κ3) is 18.9. The summed E-state index contributed by atoms with van der Waals surface area (Å²) in [5, 5.41) is 2.75. The lowest BCUT2D eigenvalue weighted by Gasteiger charge is -2.19. The predicted octanol–water partition coefficient (Wildman–Crippen LogP) is 5.86. The summed E-state index contributed by atoms with van der Waals surface area (Å²) in [7, 11) is 0. The first-order chi connectivity index (χ1) is 14.8. The number of amides is 1. The Hall–Kier alpha value is -1.59. The zero-order valence-electron chi connectivity index (χ0n) is 20.7. The second-order valence-corrected chi connectivity index (χ2v) is 8.97. The molecule has 1 amide bonds. The molecule has 182 valence electrons. The topological polar surface area (TPSA) is 81.7 Å². The van der Waals surface area contributed by atoms with Crippen molar-refractivity contribution in [2.24, 2.45) is 0 Å². The Labute approximate surface area is 190 Å². The van der Waals surface area contributed by atoms with Crippen LogP contribution in [0, 0.1) is 0 Å². The molecule has 0 aromatic carbocycles. The zero-order chi connectivity index (χ0) is 23.5. The number of unbranched alkanes of at least 4 members (excludes halogenated alkanes) is 10. The van der Waals surface area contributed by atoms with E-state index >= 15 is 0 Å². The van der Waals surface area contributed by atoms with E-state index in [0.717, 1.165) is 19.3 Å². The van der Waals surface area contributed by atoms with Gasteiger partial charge >= 0.3 is 11.9 Å². The van der Waals surface area contributed by atoms with Crippen LogP contribution in [0.25, 0.3) is 0 Å². The molecule has 0 spiro atoms. The second kappa shape index (κ2) is 19.1. The minimum atomic E-state index is -0.817. The molecular weight excluding hydrogens is 394 g/mol. The normalized spacial score (nSPS) is 12.1. The Kier molecular flexibility index (Phi) is 18.1. The number of carbonyl (C=O) groups is 3. The van der Waals surface area contributed by atoms with E-state index in [9.17, 15) is 14.4 Å². The average molecular weight is 442 g/mol. The van der Waals surface area contributed by atoms with Crippen molar-refractivity contribution in [3.05, 3.63) is 0 Å². The van der Waals surface area contributed by atoms with E-state index in [4.69, 9.17) is 9.47 Å². The van der Waals surface area contributed by atoms with E-state index in [-0.39, 0.29) is 36.9 Å². The third-order valence-corrected chi connectivity index (χ3v) is 4.98. The molecule has 1 atom stereocenters. The van der Waals surface area contributed by atoms with Crippen LogP contribution >= 0.6 is 0 Å². The summed E-state index contributed by atoms with van der Waals surface area (Å²) in [5.41, 5.74) is 0. The molecule has 0 aromatic rings. The number of hydrogen-bond acceptors (Lipinski definition) is 5. The van der Waals surface area contributed by atoms with Crippen molar-refractivity contribution in [3.8, 4) is 0 Å². The molecular formula is C25H47NO5. The first kappa shape index (κ1) is 29.4. The fraction of sp³-hybridized carbons (Fsp3) is 0.880. The molecule has 0 fully saturated rings. The quantitative estimate of drug-likeness (QED) is 0.201. The van der Waals surface area contributed by atoms with Gasteiger partial charge in [-0.15, -0.1) is 0 Å². The molecule has 0 heterocycles. The molecule has 0 aliphatic carbocycles. The summed E-state index contributed by atoms with van der Waals surface area (Å²) < 4.78 is 10.3. The largest absolute Gasteiger partial charge is 0.463 e. The van der Waals surface area contributed by atoms with Crippen molar-refractivity contribution in [2.75, 3.05) is 0 Å². The van der Waals surface area contributed by atoms with Crippen molar-refractivity contribution in [2.45, 2.75) is 143 Å². The van der Waals surface area contributed by atoms with Crippen LogP contribution in [0.3, 0.4) is 0 Å². The number of hydrogen-bond donors (Lipinski definition) is 1. The number of carbonyl (C=O) groups excluding carboxylic acids is 3. The number of ether oxygens (including phenoxy) is 2. The van der Waals surface area contributed by atoms with Gasteiger partial charge in [-0.1, -0.05) is 71.1 Å². The van der Waals surface area contributed by atoms with Gasteiger partial charge in [0.1, 0.15) is 6.04 Å². The van der Waals surface area contributed by atoms with Crippen molar-refractivity contribution in [3.63, 3.8) is 0 Å². The summed E-state index contributed by atoms with van der Waals surface area (Å²) in [6.45, 7) is 9.31. The summed E-state index contributed by atoms with van der Waals surface area (Å²) >= 11 is 0. The van der Waals surface area contributed by atoms with Gasteiger partial charge in [0.25, 0.3) is 0 Å². The van der Waals surface area contributed by atoms with Crippen LogP contribution in [0.5, 0.6) is 0 Å². The van der Waals surface area contributed by atoms with Crippen LogP contribution in [0.15, 0.2) is 0 Å². The molecule has 1 N–H and O–H groups in total. The Morgan fingerprint density at radius 3 is 1.65 bits per heavy atom. The Morgan fingerprint density at radius 1 is 0.677 bits per heavy atom. The van der Waals surface area contributed by atoms with Gasteiger partial charge in [0.15, 0.2) is 0 Å². The lowest BCUT2D eigenvalue weighted by molar-refractivity contribution is -0.153. The van der Waals surface area contributed by atoms with E-state index in [1.807, 2.05) is 0 Å². The first-order valence-corrected chi connectivity index (χ1v) is 12.5. The van der Waals surface area contributed by atoms with Gasteiger partial charge in [-0.05, 0) is 40.5 Å². The molecule has 1 unspecified atom stereocenters. The van der Waals surface area contributed by atoms with Crippen molar-refractivity contribution in [1.29, 1.82) is 0 Å². The molecule has 6 heteroatoms. The van der Waals surface area contributed by atoms with Gasteiger partial charge in [0.2, 0.25) is 5.91 Å². The van der Waals surface area contributed by atoms with E-state index in [0.29, 0.717) is 6.42 Å². The fourth-order valence-electron chi connectivity index (χ4n) is 3.36. The summed E-state index contributed by atoms with van der Waals surface area (Å²) in [5.74, 6) is -1.05. The van der Waals surface area contributed by atoms with Crippen molar-refractivity contribution in [1.82, 2.24) is 5.32 Å². The molecule has 0 saturated heterocycles. The molecule has 0 radical (unpaired) electrons. The van der Waals surface area contributed by atoms with Crippen molar-refractivity contribution < 1.29 is 23.9 Å². The molecule has 6 nitrogen and oxygen atoms in total.